The molecule has 0 unspecified atom stereocenters. The van der Waals surface area contributed by atoms with Crippen molar-refractivity contribution < 1.29 is 22.8 Å². The Morgan fingerprint density at radius 3 is 2.11 bits per heavy atom. The lowest BCUT2D eigenvalue weighted by Crippen LogP contribution is -2.57. The number of carbonyl (C=O) groups excluding carboxylic acids is 2. The Bertz CT molecular complexity index is 692. The molecule has 0 radical (unpaired) electrons. The molecule has 1 aliphatic heterocycles. The molecular formula is C20H26F3N3O2. The first-order chi connectivity index (χ1) is 13.3. The molecule has 8 heteroatoms. The summed E-state index contributed by atoms with van der Waals surface area (Å²) in [5.74, 6) is 0.0947. The van der Waals surface area contributed by atoms with E-state index in [4.69, 9.17) is 0 Å². The van der Waals surface area contributed by atoms with Crippen molar-refractivity contribution in [3.05, 3.63) is 35.4 Å². The number of benzene rings is 1. The largest absolute Gasteiger partial charge is 0.416 e. The van der Waals surface area contributed by atoms with E-state index in [0.29, 0.717) is 32.1 Å². The minimum atomic E-state index is -4.41. The summed E-state index contributed by atoms with van der Waals surface area (Å²) in [6.45, 7) is 2.09. The Balaban J connectivity index is 1.62. The van der Waals surface area contributed by atoms with Gasteiger partial charge in [-0.05, 0) is 43.0 Å². The summed E-state index contributed by atoms with van der Waals surface area (Å²) < 4.78 is 38.0. The lowest BCUT2D eigenvalue weighted by Gasteiger charge is -2.40. The van der Waals surface area contributed by atoms with Gasteiger partial charge in [-0.25, -0.2) is 0 Å². The molecule has 0 bridgehead atoms. The smallest absolute Gasteiger partial charge is 0.358 e. The molecule has 28 heavy (non-hydrogen) atoms. The van der Waals surface area contributed by atoms with Crippen molar-refractivity contribution in [2.24, 2.45) is 5.92 Å². The predicted molar refractivity (Wildman–Crippen MR) is 98.7 cm³/mol. The first kappa shape index (κ1) is 20.6. The third kappa shape index (κ3) is 4.48. The fourth-order valence-corrected chi connectivity index (χ4v) is 4.29. The molecule has 0 aromatic heterocycles. The minimum Gasteiger partial charge on any atom is -0.358 e. The summed E-state index contributed by atoms with van der Waals surface area (Å²) in [5.41, 5.74) is -0.515. The van der Waals surface area contributed by atoms with Crippen molar-refractivity contribution in [3.8, 4) is 0 Å². The van der Waals surface area contributed by atoms with Gasteiger partial charge in [-0.1, -0.05) is 12.8 Å². The fraction of sp³-hybridized carbons (Fsp3) is 0.600. The maximum atomic E-state index is 12.7. The highest BCUT2D eigenvalue weighted by molar-refractivity contribution is 5.94. The van der Waals surface area contributed by atoms with E-state index in [1.807, 2.05) is 0 Å². The molecule has 1 aromatic rings. The summed E-state index contributed by atoms with van der Waals surface area (Å²) in [5, 5.41) is 2.76. The molecular weight excluding hydrogens is 371 g/mol. The van der Waals surface area contributed by atoms with Gasteiger partial charge in [0.1, 0.15) is 0 Å². The van der Waals surface area contributed by atoms with Crippen LogP contribution in [0, 0.1) is 5.92 Å². The maximum Gasteiger partial charge on any atom is 0.416 e. The standard InChI is InChI=1S/C20H26F3N3O2/c1-24-18(27)17(14-4-2-3-5-14)25-10-12-26(13-11-25)19(28)15-6-8-16(9-7-15)20(21,22)23/h6-9,14,17H,2-5,10-13H2,1H3,(H,24,27)/t17-/m0/s1. The second-order valence-electron chi connectivity index (χ2n) is 7.51. The van der Waals surface area contributed by atoms with Gasteiger partial charge in [0.15, 0.2) is 0 Å². The Kier molecular flexibility index (Phi) is 6.27. The second kappa shape index (κ2) is 8.51. The second-order valence-corrected chi connectivity index (χ2v) is 7.51. The van der Waals surface area contributed by atoms with E-state index in [9.17, 15) is 22.8 Å². The first-order valence-corrected chi connectivity index (χ1v) is 9.73. The van der Waals surface area contributed by atoms with Crippen LogP contribution >= 0.6 is 0 Å². The van der Waals surface area contributed by atoms with Crippen molar-refractivity contribution in [2.75, 3.05) is 33.2 Å². The van der Waals surface area contributed by atoms with Crippen molar-refractivity contribution in [3.63, 3.8) is 0 Å². The average Bonchev–Trinajstić information content (AvgIpc) is 3.21. The minimum absolute atomic E-state index is 0.0226. The van der Waals surface area contributed by atoms with Crippen LogP contribution in [0.15, 0.2) is 24.3 Å². The molecule has 1 saturated carbocycles. The average molecular weight is 397 g/mol. The van der Waals surface area contributed by atoms with Gasteiger partial charge in [0.2, 0.25) is 5.91 Å². The summed E-state index contributed by atoms with van der Waals surface area (Å²) in [4.78, 5) is 28.8. The highest BCUT2D eigenvalue weighted by atomic mass is 19.4. The van der Waals surface area contributed by atoms with Crippen LogP contribution in [0.5, 0.6) is 0 Å². The molecule has 1 N–H and O–H groups in total. The van der Waals surface area contributed by atoms with Crippen LogP contribution in [-0.2, 0) is 11.0 Å². The van der Waals surface area contributed by atoms with Crippen LogP contribution in [0.1, 0.15) is 41.6 Å². The zero-order valence-corrected chi connectivity index (χ0v) is 16.0. The normalized spacial score (nSPS) is 20.2. The molecule has 2 amide bonds. The number of likely N-dealkylation sites (N-methyl/N-ethyl adjacent to an activating group) is 1. The maximum absolute atomic E-state index is 12.7. The first-order valence-electron chi connectivity index (χ1n) is 9.73. The summed E-state index contributed by atoms with van der Waals surface area (Å²) in [7, 11) is 1.65. The molecule has 154 valence electrons. The number of hydrogen-bond acceptors (Lipinski definition) is 3. The number of amides is 2. The van der Waals surface area contributed by atoms with Crippen molar-refractivity contribution in [1.29, 1.82) is 0 Å². The highest BCUT2D eigenvalue weighted by Crippen LogP contribution is 2.31. The SMILES string of the molecule is CNC(=O)[C@H](C1CCCC1)N1CCN(C(=O)c2ccc(C(F)(F)F)cc2)CC1. The van der Waals surface area contributed by atoms with Crippen LogP contribution in [0.3, 0.4) is 0 Å². The van der Waals surface area contributed by atoms with Crippen LogP contribution in [-0.4, -0.2) is 60.9 Å². The molecule has 1 heterocycles. The third-order valence-electron chi connectivity index (χ3n) is 5.82. The van der Waals surface area contributed by atoms with Crippen molar-refractivity contribution >= 4 is 11.8 Å². The van der Waals surface area contributed by atoms with E-state index >= 15 is 0 Å². The van der Waals surface area contributed by atoms with E-state index in [1.54, 1.807) is 11.9 Å². The fourth-order valence-electron chi connectivity index (χ4n) is 4.29. The molecule has 1 atom stereocenters. The van der Waals surface area contributed by atoms with Gasteiger partial charge >= 0.3 is 6.18 Å². The third-order valence-corrected chi connectivity index (χ3v) is 5.82. The van der Waals surface area contributed by atoms with Crippen molar-refractivity contribution in [2.45, 2.75) is 37.9 Å². The van der Waals surface area contributed by atoms with Gasteiger partial charge in [0.05, 0.1) is 11.6 Å². The number of hydrogen-bond donors (Lipinski definition) is 1. The molecule has 2 fully saturated rings. The van der Waals surface area contributed by atoms with E-state index in [0.717, 1.165) is 37.8 Å². The number of piperazine rings is 1. The predicted octanol–water partition coefficient (Wildman–Crippen LogP) is 2.77. The van der Waals surface area contributed by atoms with Crippen LogP contribution in [0.2, 0.25) is 0 Å². The molecule has 1 aliphatic carbocycles. The van der Waals surface area contributed by atoms with Crippen molar-refractivity contribution in [1.82, 2.24) is 15.1 Å². The highest BCUT2D eigenvalue weighted by Gasteiger charge is 2.37. The van der Waals surface area contributed by atoms with Gasteiger partial charge < -0.3 is 10.2 Å². The van der Waals surface area contributed by atoms with E-state index in [2.05, 4.69) is 10.2 Å². The molecule has 1 aromatic carbocycles. The van der Waals surface area contributed by atoms with Gasteiger partial charge in [0, 0.05) is 38.8 Å². The van der Waals surface area contributed by atoms with E-state index < -0.39 is 11.7 Å². The number of rotatable bonds is 4. The molecule has 0 spiro atoms. The lowest BCUT2D eigenvalue weighted by molar-refractivity contribution is -0.137. The zero-order chi connectivity index (χ0) is 20.3. The number of halogens is 3. The number of nitrogens with zero attached hydrogens (tertiary/aromatic N) is 2. The molecule has 3 rings (SSSR count). The topological polar surface area (TPSA) is 52.7 Å². The van der Waals surface area contributed by atoms with Gasteiger partial charge in [-0.3, -0.25) is 14.5 Å². The number of alkyl halides is 3. The van der Waals surface area contributed by atoms with Crippen LogP contribution in [0.25, 0.3) is 0 Å². The summed E-state index contributed by atoms with van der Waals surface area (Å²) in [6, 6.07) is 4.15. The Labute approximate surface area is 162 Å². The summed E-state index contributed by atoms with van der Waals surface area (Å²) in [6.07, 6.45) is -0.0387. The van der Waals surface area contributed by atoms with Crippen LogP contribution in [0.4, 0.5) is 13.2 Å². The Morgan fingerprint density at radius 2 is 1.61 bits per heavy atom. The molecule has 5 nitrogen and oxygen atoms in total. The number of nitrogens with one attached hydrogen (secondary N) is 1. The molecule has 1 saturated heterocycles. The van der Waals surface area contributed by atoms with Gasteiger partial charge in [0.25, 0.3) is 5.91 Å². The van der Waals surface area contributed by atoms with Crippen LogP contribution < -0.4 is 5.32 Å². The Hall–Kier alpha value is -2.09. The lowest BCUT2D eigenvalue weighted by atomic mass is 9.95. The number of carbonyl (C=O) groups is 2. The zero-order valence-electron chi connectivity index (χ0n) is 16.0. The monoisotopic (exact) mass is 397 g/mol. The summed E-state index contributed by atoms with van der Waals surface area (Å²) >= 11 is 0. The van der Waals surface area contributed by atoms with E-state index in [1.165, 1.54) is 12.1 Å². The Morgan fingerprint density at radius 1 is 1.04 bits per heavy atom. The van der Waals surface area contributed by atoms with Gasteiger partial charge in [-0.2, -0.15) is 13.2 Å². The quantitative estimate of drug-likeness (QED) is 0.850. The molecule has 2 aliphatic rings. The van der Waals surface area contributed by atoms with Gasteiger partial charge in [-0.15, -0.1) is 0 Å². The van der Waals surface area contributed by atoms with E-state index in [-0.39, 0.29) is 23.4 Å².